The number of carbonyl (C=O) groups is 1. The van der Waals surface area contributed by atoms with Crippen molar-refractivity contribution in [3.05, 3.63) is 70.5 Å². The van der Waals surface area contributed by atoms with Crippen LogP contribution in [-0.4, -0.2) is 45.9 Å². The van der Waals surface area contributed by atoms with E-state index in [1.165, 1.54) is 0 Å². The highest BCUT2D eigenvalue weighted by atomic mass is 35.5. The number of hydrogen-bond donors (Lipinski definition) is 2. The first-order chi connectivity index (χ1) is 15.6. The SMILES string of the molecule is O=C(NC1CCCC[C@@H]1OCCO)c1cn(-c2ccc(Cl)cc2)c(-c2ccccc2Cl)n1. The summed E-state index contributed by atoms with van der Waals surface area (Å²) in [5.41, 5.74) is 1.84. The zero-order valence-corrected chi connectivity index (χ0v) is 19.0. The number of nitrogens with zero attached hydrogens (tertiary/aromatic N) is 2. The number of hydrogen-bond acceptors (Lipinski definition) is 4. The number of amides is 1. The van der Waals surface area contributed by atoms with Crippen LogP contribution in [0.2, 0.25) is 10.0 Å². The number of benzene rings is 2. The molecule has 1 amide bonds. The van der Waals surface area contributed by atoms with Gasteiger partial charge in [0.15, 0.2) is 0 Å². The molecule has 0 bridgehead atoms. The summed E-state index contributed by atoms with van der Waals surface area (Å²) in [4.78, 5) is 17.8. The van der Waals surface area contributed by atoms with E-state index in [1.807, 2.05) is 34.9 Å². The van der Waals surface area contributed by atoms with Gasteiger partial charge in [-0.3, -0.25) is 9.36 Å². The molecular formula is C24H25Cl2N3O3. The lowest BCUT2D eigenvalue weighted by Crippen LogP contribution is -2.46. The van der Waals surface area contributed by atoms with Gasteiger partial charge in [0.25, 0.3) is 5.91 Å². The van der Waals surface area contributed by atoms with E-state index in [0.29, 0.717) is 21.6 Å². The predicted molar refractivity (Wildman–Crippen MR) is 126 cm³/mol. The fourth-order valence-electron chi connectivity index (χ4n) is 4.03. The molecule has 3 aromatic rings. The molecule has 32 heavy (non-hydrogen) atoms. The first kappa shape index (κ1) is 22.8. The lowest BCUT2D eigenvalue weighted by Gasteiger charge is -2.31. The van der Waals surface area contributed by atoms with E-state index in [-0.39, 0.29) is 31.3 Å². The fraction of sp³-hybridized carbons (Fsp3) is 0.333. The van der Waals surface area contributed by atoms with Crippen molar-refractivity contribution in [3.8, 4) is 17.1 Å². The van der Waals surface area contributed by atoms with Gasteiger partial charge in [0.2, 0.25) is 0 Å². The monoisotopic (exact) mass is 473 g/mol. The van der Waals surface area contributed by atoms with Crippen molar-refractivity contribution in [1.29, 1.82) is 0 Å². The predicted octanol–water partition coefficient (Wildman–Crippen LogP) is 4.90. The van der Waals surface area contributed by atoms with E-state index in [0.717, 1.165) is 36.9 Å². The Morgan fingerprint density at radius 3 is 2.62 bits per heavy atom. The molecule has 1 unspecified atom stereocenters. The van der Waals surface area contributed by atoms with Crippen molar-refractivity contribution in [2.75, 3.05) is 13.2 Å². The van der Waals surface area contributed by atoms with Crippen molar-refractivity contribution in [2.24, 2.45) is 0 Å². The minimum Gasteiger partial charge on any atom is -0.394 e. The molecule has 1 heterocycles. The molecule has 0 spiro atoms. The van der Waals surface area contributed by atoms with Crippen LogP contribution >= 0.6 is 23.2 Å². The Kier molecular flexibility index (Phi) is 7.48. The first-order valence-corrected chi connectivity index (χ1v) is 11.5. The summed E-state index contributed by atoms with van der Waals surface area (Å²) in [5, 5.41) is 13.3. The molecule has 2 N–H and O–H groups in total. The van der Waals surface area contributed by atoms with Crippen LogP contribution in [0.4, 0.5) is 0 Å². The van der Waals surface area contributed by atoms with Crippen LogP contribution in [0.3, 0.4) is 0 Å². The summed E-state index contributed by atoms with van der Waals surface area (Å²) in [6, 6.07) is 14.6. The molecule has 4 rings (SSSR count). The number of imidazole rings is 1. The molecule has 0 saturated heterocycles. The Morgan fingerprint density at radius 2 is 1.88 bits per heavy atom. The van der Waals surface area contributed by atoms with E-state index >= 15 is 0 Å². The van der Waals surface area contributed by atoms with Gasteiger partial charge in [0.1, 0.15) is 11.5 Å². The number of aliphatic hydroxyl groups excluding tert-OH is 1. The van der Waals surface area contributed by atoms with Crippen molar-refractivity contribution >= 4 is 29.1 Å². The van der Waals surface area contributed by atoms with E-state index < -0.39 is 0 Å². The first-order valence-electron chi connectivity index (χ1n) is 10.7. The van der Waals surface area contributed by atoms with Gasteiger partial charge in [-0.25, -0.2) is 4.98 Å². The van der Waals surface area contributed by atoms with E-state index in [1.54, 1.807) is 24.4 Å². The number of halogens is 2. The Balaban J connectivity index is 1.65. The molecule has 1 saturated carbocycles. The maximum atomic E-state index is 13.2. The molecule has 168 valence electrons. The summed E-state index contributed by atoms with van der Waals surface area (Å²) < 4.78 is 7.60. The van der Waals surface area contributed by atoms with Crippen LogP contribution in [0.1, 0.15) is 36.2 Å². The molecule has 2 aromatic carbocycles. The van der Waals surface area contributed by atoms with Crippen molar-refractivity contribution < 1.29 is 14.6 Å². The third-order valence-electron chi connectivity index (χ3n) is 5.60. The Hall–Kier alpha value is -2.38. The Morgan fingerprint density at radius 1 is 1.12 bits per heavy atom. The second-order valence-corrected chi connectivity index (χ2v) is 8.62. The zero-order chi connectivity index (χ0) is 22.5. The molecule has 8 heteroatoms. The summed E-state index contributed by atoms with van der Waals surface area (Å²) in [7, 11) is 0. The van der Waals surface area contributed by atoms with Gasteiger partial charge in [-0.05, 0) is 49.2 Å². The quantitative estimate of drug-likeness (QED) is 0.511. The highest BCUT2D eigenvalue weighted by Crippen LogP contribution is 2.30. The third kappa shape index (κ3) is 5.15. The summed E-state index contributed by atoms with van der Waals surface area (Å²) in [6.45, 7) is 0.225. The van der Waals surface area contributed by atoms with Gasteiger partial charge in [-0.1, -0.05) is 48.2 Å². The van der Waals surface area contributed by atoms with Gasteiger partial charge in [-0.15, -0.1) is 0 Å². The largest absolute Gasteiger partial charge is 0.394 e. The number of nitrogens with one attached hydrogen (secondary N) is 1. The molecule has 6 nitrogen and oxygen atoms in total. The lowest BCUT2D eigenvalue weighted by atomic mass is 9.92. The van der Waals surface area contributed by atoms with Crippen molar-refractivity contribution in [2.45, 2.75) is 37.8 Å². The average molecular weight is 474 g/mol. The van der Waals surface area contributed by atoms with Gasteiger partial charge < -0.3 is 15.2 Å². The Bertz CT molecular complexity index is 1070. The van der Waals surface area contributed by atoms with Gasteiger partial charge in [-0.2, -0.15) is 0 Å². The maximum Gasteiger partial charge on any atom is 0.271 e. The average Bonchev–Trinajstić information content (AvgIpc) is 3.25. The second kappa shape index (κ2) is 10.5. The van der Waals surface area contributed by atoms with Crippen molar-refractivity contribution in [1.82, 2.24) is 14.9 Å². The summed E-state index contributed by atoms with van der Waals surface area (Å²) >= 11 is 12.5. The fourth-order valence-corrected chi connectivity index (χ4v) is 4.37. The number of carbonyl (C=O) groups excluding carboxylic acids is 1. The number of aliphatic hydroxyl groups is 1. The minimum atomic E-state index is -0.268. The van der Waals surface area contributed by atoms with Crippen LogP contribution in [0, 0.1) is 0 Å². The molecular weight excluding hydrogens is 449 g/mol. The van der Waals surface area contributed by atoms with Crippen LogP contribution in [0.5, 0.6) is 0 Å². The number of rotatable bonds is 7. The number of aromatic nitrogens is 2. The summed E-state index contributed by atoms with van der Waals surface area (Å²) in [6.07, 6.45) is 5.36. The molecule has 0 radical (unpaired) electrons. The van der Waals surface area contributed by atoms with Crippen LogP contribution in [0.15, 0.2) is 54.7 Å². The molecule has 2 atom stereocenters. The van der Waals surface area contributed by atoms with E-state index in [9.17, 15) is 4.79 Å². The van der Waals surface area contributed by atoms with Crippen LogP contribution < -0.4 is 5.32 Å². The highest BCUT2D eigenvalue weighted by Gasteiger charge is 2.28. The van der Waals surface area contributed by atoms with Crippen LogP contribution in [-0.2, 0) is 4.74 Å². The highest BCUT2D eigenvalue weighted by molar-refractivity contribution is 6.33. The van der Waals surface area contributed by atoms with E-state index in [2.05, 4.69) is 10.3 Å². The third-order valence-corrected chi connectivity index (χ3v) is 6.18. The van der Waals surface area contributed by atoms with E-state index in [4.69, 9.17) is 33.0 Å². The zero-order valence-electron chi connectivity index (χ0n) is 17.5. The molecule has 1 fully saturated rings. The lowest BCUT2D eigenvalue weighted by molar-refractivity contribution is -0.00980. The second-order valence-electron chi connectivity index (χ2n) is 7.77. The van der Waals surface area contributed by atoms with Crippen LogP contribution in [0.25, 0.3) is 17.1 Å². The van der Waals surface area contributed by atoms with Gasteiger partial charge in [0, 0.05) is 22.5 Å². The molecule has 1 aromatic heterocycles. The van der Waals surface area contributed by atoms with Gasteiger partial charge >= 0.3 is 0 Å². The van der Waals surface area contributed by atoms with Crippen molar-refractivity contribution in [3.63, 3.8) is 0 Å². The Labute approximate surface area is 197 Å². The molecule has 0 aliphatic heterocycles. The maximum absolute atomic E-state index is 13.2. The normalized spacial score (nSPS) is 18.5. The molecule has 1 aliphatic carbocycles. The number of ether oxygens (including phenoxy) is 1. The van der Waals surface area contributed by atoms with Gasteiger partial charge in [0.05, 0.1) is 30.4 Å². The topological polar surface area (TPSA) is 76.4 Å². The summed E-state index contributed by atoms with van der Waals surface area (Å²) in [5.74, 6) is 0.301. The standard InChI is InChI=1S/C24H25Cl2N3O3/c25-16-9-11-17(12-10-16)29-15-21(27-23(29)18-5-1-2-6-19(18)26)24(31)28-20-7-3-4-8-22(20)32-14-13-30/h1-2,5-6,9-12,15,20,22,30H,3-4,7-8,13-14H2,(H,28,31)/t20?,22-/m0/s1. The molecule has 1 aliphatic rings. The minimum absolute atomic E-state index is 0.0378. The smallest absolute Gasteiger partial charge is 0.271 e.